The van der Waals surface area contributed by atoms with Gasteiger partial charge in [0.2, 0.25) is 11.8 Å². The van der Waals surface area contributed by atoms with Crippen LogP contribution < -0.4 is 5.32 Å². The van der Waals surface area contributed by atoms with E-state index >= 15 is 0 Å². The van der Waals surface area contributed by atoms with Gasteiger partial charge >= 0.3 is 0 Å². The van der Waals surface area contributed by atoms with Gasteiger partial charge in [-0.25, -0.2) is 0 Å². The molecular formula is C19H20ClN3O2S. The van der Waals surface area contributed by atoms with E-state index < -0.39 is 0 Å². The molecule has 2 amide bonds. The minimum absolute atomic E-state index is 0.0577. The summed E-state index contributed by atoms with van der Waals surface area (Å²) in [6.07, 6.45) is 3.46. The minimum Gasteiger partial charge on any atom is -0.342 e. The zero-order chi connectivity index (χ0) is 18.5. The number of nitrogens with one attached hydrogen (secondary N) is 1. The van der Waals surface area contributed by atoms with Crippen molar-refractivity contribution in [3.8, 4) is 6.07 Å². The number of rotatable bonds is 4. The Kier molecular flexibility index (Phi) is 6.23. The maximum atomic E-state index is 12.4. The van der Waals surface area contributed by atoms with Gasteiger partial charge < -0.3 is 10.2 Å². The van der Waals surface area contributed by atoms with Gasteiger partial charge in [-0.1, -0.05) is 35.5 Å². The molecule has 0 spiro atoms. The van der Waals surface area contributed by atoms with Gasteiger partial charge in [-0.3, -0.25) is 9.59 Å². The molecule has 7 heteroatoms. The highest BCUT2D eigenvalue weighted by Gasteiger charge is 2.30. The fourth-order valence-electron chi connectivity index (χ4n) is 3.28. The van der Waals surface area contributed by atoms with E-state index in [1.807, 2.05) is 17.0 Å². The Morgan fingerprint density at radius 3 is 2.62 bits per heavy atom. The quantitative estimate of drug-likeness (QED) is 0.856. The van der Waals surface area contributed by atoms with Crippen LogP contribution in [0.15, 0.2) is 34.9 Å². The summed E-state index contributed by atoms with van der Waals surface area (Å²) in [7, 11) is 0. The number of nitriles is 1. The maximum absolute atomic E-state index is 12.4. The molecule has 5 nitrogen and oxygen atoms in total. The third-order valence-electron chi connectivity index (χ3n) is 4.68. The lowest BCUT2D eigenvalue weighted by atomic mass is 9.87. The molecule has 0 aromatic heterocycles. The summed E-state index contributed by atoms with van der Waals surface area (Å²) in [5, 5.41) is 13.5. The van der Waals surface area contributed by atoms with Gasteiger partial charge in [-0.05, 0) is 37.0 Å². The maximum Gasteiger partial charge on any atom is 0.232 e. The summed E-state index contributed by atoms with van der Waals surface area (Å²) in [4.78, 5) is 26.4. The second-order valence-corrected chi connectivity index (χ2v) is 7.86. The molecule has 0 bridgehead atoms. The number of amides is 2. The number of hydrogen-bond acceptors (Lipinski definition) is 4. The predicted octanol–water partition coefficient (Wildman–Crippen LogP) is 3.42. The first-order valence-electron chi connectivity index (χ1n) is 8.68. The van der Waals surface area contributed by atoms with Crippen molar-refractivity contribution in [2.75, 3.05) is 18.8 Å². The molecule has 3 rings (SSSR count). The van der Waals surface area contributed by atoms with Gasteiger partial charge in [0.05, 0.1) is 22.4 Å². The highest BCUT2D eigenvalue weighted by molar-refractivity contribution is 8.03. The summed E-state index contributed by atoms with van der Waals surface area (Å²) in [6, 6.07) is 9.41. The molecule has 0 radical (unpaired) electrons. The molecule has 0 unspecified atom stereocenters. The van der Waals surface area contributed by atoms with Crippen LogP contribution in [0.4, 0.5) is 0 Å². The zero-order valence-corrected chi connectivity index (χ0v) is 15.9. The Morgan fingerprint density at radius 1 is 1.27 bits per heavy atom. The van der Waals surface area contributed by atoms with Crippen LogP contribution in [-0.4, -0.2) is 35.6 Å². The van der Waals surface area contributed by atoms with Crippen LogP contribution >= 0.6 is 23.4 Å². The SMILES string of the molecule is N#CC1=C(SCC(=O)N2CCCCC2)NC(=O)C[C@H]1c1ccc(Cl)cc1. The van der Waals surface area contributed by atoms with E-state index in [9.17, 15) is 14.9 Å². The number of thioether (sulfide) groups is 1. The van der Waals surface area contributed by atoms with Crippen LogP contribution in [0.1, 0.15) is 37.2 Å². The van der Waals surface area contributed by atoms with Crippen LogP contribution in [0.2, 0.25) is 5.02 Å². The number of carbonyl (C=O) groups is 2. The lowest BCUT2D eigenvalue weighted by Gasteiger charge is -2.28. The van der Waals surface area contributed by atoms with Gasteiger partial charge in [0.1, 0.15) is 0 Å². The van der Waals surface area contributed by atoms with Crippen LogP contribution in [0, 0.1) is 11.3 Å². The molecular weight excluding hydrogens is 370 g/mol. The smallest absolute Gasteiger partial charge is 0.232 e. The average Bonchev–Trinajstić information content (AvgIpc) is 2.67. The Morgan fingerprint density at radius 2 is 1.96 bits per heavy atom. The second-order valence-electron chi connectivity index (χ2n) is 6.44. The minimum atomic E-state index is -0.307. The van der Waals surface area contributed by atoms with E-state index in [-0.39, 0.29) is 29.9 Å². The van der Waals surface area contributed by atoms with Crippen LogP contribution in [-0.2, 0) is 9.59 Å². The van der Waals surface area contributed by atoms with Crippen molar-refractivity contribution in [1.29, 1.82) is 5.26 Å². The molecule has 26 heavy (non-hydrogen) atoms. The van der Waals surface area contributed by atoms with E-state index in [0.29, 0.717) is 15.6 Å². The number of nitrogens with zero attached hydrogens (tertiary/aromatic N) is 2. The molecule has 2 heterocycles. The second kappa shape index (κ2) is 8.61. The standard InChI is InChI=1S/C19H20ClN3O2S/c20-14-6-4-13(5-7-14)15-10-17(24)22-19(16(15)11-21)26-12-18(25)23-8-2-1-3-9-23/h4-7,15H,1-3,8-10,12H2,(H,22,24)/t15-/m0/s1. The zero-order valence-electron chi connectivity index (χ0n) is 14.3. The summed E-state index contributed by atoms with van der Waals surface area (Å²) >= 11 is 7.18. The molecule has 1 saturated heterocycles. The van der Waals surface area contributed by atoms with Crippen molar-refractivity contribution < 1.29 is 9.59 Å². The number of likely N-dealkylation sites (tertiary alicyclic amines) is 1. The van der Waals surface area contributed by atoms with Gasteiger partial charge in [-0.2, -0.15) is 5.26 Å². The lowest BCUT2D eigenvalue weighted by Crippen LogP contribution is -2.37. The summed E-state index contributed by atoms with van der Waals surface area (Å²) in [5.74, 6) is -0.161. The molecule has 1 aromatic carbocycles. The Hall–Kier alpha value is -1.97. The van der Waals surface area contributed by atoms with Gasteiger partial charge in [0.15, 0.2) is 0 Å². The third-order valence-corrected chi connectivity index (χ3v) is 5.93. The number of allylic oxidation sites excluding steroid dienone is 1. The van der Waals surface area contributed by atoms with Crippen molar-refractivity contribution in [2.24, 2.45) is 0 Å². The largest absolute Gasteiger partial charge is 0.342 e. The van der Waals surface area contributed by atoms with E-state index in [4.69, 9.17) is 11.6 Å². The van der Waals surface area contributed by atoms with Crippen molar-refractivity contribution in [1.82, 2.24) is 10.2 Å². The molecule has 1 fully saturated rings. The van der Waals surface area contributed by atoms with Crippen molar-refractivity contribution in [2.45, 2.75) is 31.6 Å². The normalized spacial score (nSPS) is 20.5. The van der Waals surface area contributed by atoms with Gasteiger partial charge in [0.25, 0.3) is 0 Å². The highest BCUT2D eigenvalue weighted by Crippen LogP contribution is 2.36. The average molecular weight is 390 g/mol. The van der Waals surface area contributed by atoms with E-state index in [0.717, 1.165) is 31.5 Å². The Labute approximate surface area is 162 Å². The van der Waals surface area contributed by atoms with Crippen LogP contribution in [0.3, 0.4) is 0 Å². The highest BCUT2D eigenvalue weighted by atomic mass is 35.5. The summed E-state index contributed by atoms with van der Waals surface area (Å²) in [5.41, 5.74) is 1.38. The predicted molar refractivity (Wildman–Crippen MR) is 102 cm³/mol. The lowest BCUT2D eigenvalue weighted by molar-refractivity contribution is -0.129. The van der Waals surface area contributed by atoms with Crippen molar-refractivity contribution in [3.05, 3.63) is 45.5 Å². The van der Waals surface area contributed by atoms with Gasteiger partial charge in [0, 0.05) is 30.5 Å². The Balaban J connectivity index is 1.76. The number of halogens is 1. The summed E-state index contributed by atoms with van der Waals surface area (Å²) in [6.45, 7) is 1.59. The van der Waals surface area contributed by atoms with Crippen LogP contribution in [0.25, 0.3) is 0 Å². The number of piperidine rings is 1. The van der Waals surface area contributed by atoms with E-state index in [1.54, 1.807) is 12.1 Å². The Bertz CT molecular complexity index is 764. The summed E-state index contributed by atoms with van der Waals surface area (Å²) < 4.78 is 0. The number of benzene rings is 1. The number of carbonyl (C=O) groups excluding carboxylic acids is 2. The monoisotopic (exact) mass is 389 g/mol. The fourth-order valence-corrected chi connectivity index (χ4v) is 4.39. The molecule has 1 atom stereocenters. The van der Waals surface area contributed by atoms with E-state index in [2.05, 4.69) is 11.4 Å². The molecule has 1 aromatic rings. The molecule has 0 aliphatic carbocycles. The van der Waals surface area contributed by atoms with Gasteiger partial charge in [-0.15, -0.1) is 0 Å². The van der Waals surface area contributed by atoms with E-state index in [1.165, 1.54) is 18.2 Å². The third kappa shape index (κ3) is 4.40. The molecule has 2 aliphatic heterocycles. The first-order valence-corrected chi connectivity index (χ1v) is 10.0. The van der Waals surface area contributed by atoms with Crippen molar-refractivity contribution in [3.63, 3.8) is 0 Å². The topological polar surface area (TPSA) is 73.2 Å². The number of hydrogen-bond donors (Lipinski definition) is 1. The fraction of sp³-hybridized carbons (Fsp3) is 0.421. The first-order chi connectivity index (χ1) is 12.6. The first kappa shape index (κ1) is 18.8. The van der Waals surface area contributed by atoms with Crippen LogP contribution in [0.5, 0.6) is 0 Å². The molecule has 2 aliphatic rings. The van der Waals surface area contributed by atoms with Crippen molar-refractivity contribution >= 4 is 35.2 Å². The molecule has 136 valence electrons. The molecule has 1 N–H and O–H groups in total. The molecule has 0 saturated carbocycles.